The van der Waals surface area contributed by atoms with E-state index in [0.29, 0.717) is 23.2 Å². The number of halogens is 3. The molecule has 1 aliphatic heterocycles. The second-order valence-corrected chi connectivity index (χ2v) is 7.53. The average Bonchev–Trinajstić information content (AvgIpc) is 2.82. The summed E-state index contributed by atoms with van der Waals surface area (Å²) in [5.41, 5.74) is 0.963. The summed E-state index contributed by atoms with van der Waals surface area (Å²) in [6.07, 6.45) is 0.367. The first kappa shape index (κ1) is 24.2. The fourth-order valence-corrected chi connectivity index (χ4v) is 3.77. The minimum atomic E-state index is -2.87. The average molecular weight is 463 g/mol. The van der Waals surface area contributed by atoms with Gasteiger partial charge in [-0.15, -0.1) is 0 Å². The molecule has 0 atom stereocenters. The van der Waals surface area contributed by atoms with Gasteiger partial charge in [-0.25, -0.2) is 4.39 Å². The highest BCUT2D eigenvalue weighted by atomic mass is 19.3. The summed E-state index contributed by atoms with van der Waals surface area (Å²) in [5, 5.41) is 2.51. The molecule has 2 aromatic carbocycles. The molecule has 0 aliphatic carbocycles. The van der Waals surface area contributed by atoms with E-state index in [1.54, 1.807) is 24.3 Å². The van der Waals surface area contributed by atoms with Crippen LogP contribution in [-0.4, -0.2) is 56.0 Å². The molecule has 1 aliphatic rings. The monoisotopic (exact) mass is 463 g/mol. The molecule has 0 spiro atoms. The van der Waals surface area contributed by atoms with Crippen LogP contribution in [0.3, 0.4) is 0 Å². The number of hydrogen-bond donors (Lipinski definition) is 1. The topological polar surface area (TPSA) is 79.0 Å². The Morgan fingerprint density at radius 1 is 1.18 bits per heavy atom. The van der Waals surface area contributed by atoms with Gasteiger partial charge in [-0.05, 0) is 42.7 Å². The quantitative estimate of drug-likeness (QED) is 0.610. The highest BCUT2D eigenvalue weighted by Crippen LogP contribution is 2.24. The molecular weight excluding hydrogens is 439 g/mol. The molecule has 1 N–H and O–H groups in total. The summed E-state index contributed by atoms with van der Waals surface area (Å²) in [4.78, 5) is 39.5. The Kier molecular flexibility index (Phi) is 8.05. The summed E-state index contributed by atoms with van der Waals surface area (Å²) in [5.74, 6) is -1.65. The lowest BCUT2D eigenvalue weighted by Gasteiger charge is -2.32. The van der Waals surface area contributed by atoms with E-state index in [2.05, 4.69) is 10.1 Å². The van der Waals surface area contributed by atoms with Crippen LogP contribution >= 0.6 is 0 Å². The Morgan fingerprint density at radius 3 is 2.52 bits per heavy atom. The Morgan fingerprint density at radius 2 is 1.88 bits per heavy atom. The minimum absolute atomic E-state index is 0.00235. The molecular formula is C23H24F3N3O4. The van der Waals surface area contributed by atoms with Crippen molar-refractivity contribution in [3.05, 3.63) is 65.0 Å². The molecule has 10 heteroatoms. The number of piperidine rings is 1. The van der Waals surface area contributed by atoms with Gasteiger partial charge in [0.25, 0.3) is 11.8 Å². The van der Waals surface area contributed by atoms with Gasteiger partial charge in [0.05, 0.1) is 29.5 Å². The van der Waals surface area contributed by atoms with Gasteiger partial charge in [0.2, 0.25) is 6.41 Å². The van der Waals surface area contributed by atoms with Gasteiger partial charge in [-0.3, -0.25) is 14.4 Å². The van der Waals surface area contributed by atoms with Crippen molar-refractivity contribution >= 4 is 23.9 Å². The summed E-state index contributed by atoms with van der Waals surface area (Å²) in [6, 6.07) is 10.5. The van der Waals surface area contributed by atoms with Crippen LogP contribution in [0, 0.1) is 5.82 Å². The van der Waals surface area contributed by atoms with Crippen molar-refractivity contribution in [1.82, 2.24) is 10.2 Å². The SMILES string of the molecule is CNC(=O)c1ccccc1N(C=O)Cc1ccc(F)c(C(=O)N2CCC(OC(F)F)CC2)c1. The predicted octanol–water partition coefficient (Wildman–Crippen LogP) is 3.19. The zero-order chi connectivity index (χ0) is 24.0. The second kappa shape index (κ2) is 11.0. The van der Waals surface area contributed by atoms with Crippen molar-refractivity contribution in [3.63, 3.8) is 0 Å². The highest BCUT2D eigenvalue weighted by Gasteiger charge is 2.27. The molecule has 0 bridgehead atoms. The van der Waals surface area contributed by atoms with E-state index < -0.39 is 24.4 Å². The number of carbonyl (C=O) groups excluding carboxylic acids is 3. The predicted molar refractivity (Wildman–Crippen MR) is 114 cm³/mol. The molecule has 0 saturated carbocycles. The number of nitrogens with one attached hydrogen (secondary N) is 1. The van der Waals surface area contributed by atoms with Gasteiger partial charge < -0.3 is 19.9 Å². The van der Waals surface area contributed by atoms with Crippen LogP contribution in [0.2, 0.25) is 0 Å². The molecule has 0 aromatic heterocycles. The van der Waals surface area contributed by atoms with Gasteiger partial charge in [-0.1, -0.05) is 18.2 Å². The normalized spacial score (nSPS) is 14.3. The van der Waals surface area contributed by atoms with Crippen molar-refractivity contribution in [2.45, 2.75) is 32.1 Å². The molecule has 3 rings (SSSR count). The van der Waals surface area contributed by atoms with Crippen molar-refractivity contribution < 1.29 is 32.3 Å². The van der Waals surface area contributed by atoms with Gasteiger partial charge in [0.1, 0.15) is 5.82 Å². The fraction of sp³-hybridized carbons (Fsp3) is 0.348. The molecule has 0 unspecified atom stereocenters. The molecule has 3 amide bonds. The molecule has 1 heterocycles. The number of nitrogens with zero attached hydrogens (tertiary/aromatic N) is 2. The summed E-state index contributed by atoms with van der Waals surface area (Å²) >= 11 is 0. The van der Waals surface area contributed by atoms with Gasteiger partial charge in [-0.2, -0.15) is 8.78 Å². The summed E-state index contributed by atoms with van der Waals surface area (Å²) in [6.45, 7) is -2.54. The number of carbonyl (C=O) groups is 3. The van der Waals surface area contributed by atoms with Crippen LogP contribution in [0.15, 0.2) is 42.5 Å². The first-order valence-electron chi connectivity index (χ1n) is 10.4. The number of likely N-dealkylation sites (tertiary alicyclic amines) is 1. The van der Waals surface area contributed by atoms with E-state index >= 15 is 0 Å². The largest absolute Gasteiger partial charge is 0.355 e. The first-order valence-corrected chi connectivity index (χ1v) is 10.4. The Balaban J connectivity index is 1.77. The first-order chi connectivity index (χ1) is 15.8. The molecule has 33 heavy (non-hydrogen) atoms. The number of anilines is 1. The molecule has 7 nitrogen and oxygen atoms in total. The molecule has 2 aromatic rings. The van der Waals surface area contributed by atoms with Crippen LogP contribution in [-0.2, 0) is 16.1 Å². The standard InChI is InChI=1S/C23H24F3N3O4/c1-27-21(31)17-4-2-3-5-20(17)29(14-30)13-15-6-7-19(24)18(12-15)22(32)28-10-8-16(9-11-28)33-23(25)26/h2-7,12,14,16,23H,8-11,13H2,1H3,(H,27,31). The summed E-state index contributed by atoms with van der Waals surface area (Å²) < 4.78 is 43.7. The smallest absolute Gasteiger partial charge is 0.345 e. The zero-order valence-electron chi connectivity index (χ0n) is 18.0. The number of ether oxygens (including phenoxy) is 1. The van der Waals surface area contributed by atoms with Crippen molar-refractivity contribution in [3.8, 4) is 0 Å². The molecule has 1 saturated heterocycles. The zero-order valence-corrected chi connectivity index (χ0v) is 18.0. The third-order valence-electron chi connectivity index (χ3n) is 5.45. The van der Waals surface area contributed by atoms with E-state index in [-0.39, 0.29) is 43.9 Å². The molecule has 176 valence electrons. The van der Waals surface area contributed by atoms with Crippen LogP contribution in [0.25, 0.3) is 0 Å². The highest BCUT2D eigenvalue weighted by molar-refractivity contribution is 6.01. The van der Waals surface area contributed by atoms with E-state index in [9.17, 15) is 27.6 Å². The third-order valence-corrected chi connectivity index (χ3v) is 5.45. The molecule has 0 radical (unpaired) electrons. The number of rotatable bonds is 8. The number of para-hydroxylation sites is 1. The van der Waals surface area contributed by atoms with E-state index in [1.807, 2.05) is 0 Å². The maximum absolute atomic E-state index is 14.5. The minimum Gasteiger partial charge on any atom is -0.355 e. The maximum Gasteiger partial charge on any atom is 0.345 e. The van der Waals surface area contributed by atoms with E-state index in [0.717, 1.165) is 6.07 Å². The molecule has 1 fully saturated rings. The Hall–Kier alpha value is -3.40. The van der Waals surface area contributed by atoms with Gasteiger partial charge in [0, 0.05) is 20.1 Å². The summed E-state index contributed by atoms with van der Waals surface area (Å²) in [7, 11) is 1.48. The van der Waals surface area contributed by atoms with E-state index in [1.165, 1.54) is 29.0 Å². The van der Waals surface area contributed by atoms with Crippen LogP contribution in [0.1, 0.15) is 39.1 Å². The Bertz CT molecular complexity index is 1010. The van der Waals surface area contributed by atoms with Gasteiger partial charge >= 0.3 is 6.61 Å². The lowest BCUT2D eigenvalue weighted by Crippen LogP contribution is -2.41. The van der Waals surface area contributed by atoms with Crippen LogP contribution < -0.4 is 10.2 Å². The van der Waals surface area contributed by atoms with Crippen molar-refractivity contribution in [2.75, 3.05) is 25.0 Å². The third kappa shape index (κ3) is 5.89. The second-order valence-electron chi connectivity index (χ2n) is 7.53. The Labute approximate surface area is 189 Å². The number of alkyl halides is 2. The lowest BCUT2D eigenvalue weighted by atomic mass is 10.0. The number of amides is 3. The number of hydrogen-bond acceptors (Lipinski definition) is 4. The van der Waals surface area contributed by atoms with Crippen LogP contribution in [0.5, 0.6) is 0 Å². The van der Waals surface area contributed by atoms with Crippen molar-refractivity contribution in [1.29, 1.82) is 0 Å². The maximum atomic E-state index is 14.5. The number of benzene rings is 2. The lowest BCUT2D eigenvalue weighted by molar-refractivity contribution is -0.171. The fourth-order valence-electron chi connectivity index (χ4n) is 3.77. The van der Waals surface area contributed by atoms with Crippen molar-refractivity contribution in [2.24, 2.45) is 0 Å². The van der Waals surface area contributed by atoms with Crippen LogP contribution in [0.4, 0.5) is 18.9 Å². The van der Waals surface area contributed by atoms with Gasteiger partial charge in [0.15, 0.2) is 0 Å². The van der Waals surface area contributed by atoms with E-state index in [4.69, 9.17) is 0 Å².